The first kappa shape index (κ1) is 12.8. The standard InChI is InChI=1S/C16H11FN2/c17-16-7-5-14(6-8-16)15(11-19)9-12-1-3-13(10-18)4-2-12/h1-8,15H,9H2. The van der Waals surface area contributed by atoms with Crippen molar-refractivity contribution in [1.82, 2.24) is 0 Å². The number of hydrogen-bond acceptors (Lipinski definition) is 2. The van der Waals surface area contributed by atoms with Gasteiger partial charge >= 0.3 is 0 Å². The van der Waals surface area contributed by atoms with E-state index in [1.54, 1.807) is 24.3 Å². The fourth-order valence-corrected chi connectivity index (χ4v) is 1.88. The van der Waals surface area contributed by atoms with E-state index in [0.717, 1.165) is 11.1 Å². The summed E-state index contributed by atoms with van der Waals surface area (Å²) in [5.74, 6) is -0.618. The minimum absolute atomic E-state index is 0.307. The third kappa shape index (κ3) is 3.18. The Labute approximate surface area is 111 Å². The van der Waals surface area contributed by atoms with Gasteiger partial charge in [0, 0.05) is 0 Å². The van der Waals surface area contributed by atoms with Crippen LogP contribution in [-0.2, 0) is 6.42 Å². The lowest BCUT2D eigenvalue weighted by atomic mass is 9.93. The fraction of sp³-hybridized carbons (Fsp3) is 0.125. The Kier molecular flexibility index (Phi) is 3.90. The fourth-order valence-electron chi connectivity index (χ4n) is 1.88. The lowest BCUT2D eigenvalue weighted by Crippen LogP contribution is -2.00. The molecule has 0 bridgehead atoms. The molecule has 1 atom stereocenters. The number of nitrogens with zero attached hydrogens (tertiary/aromatic N) is 2. The Morgan fingerprint density at radius 1 is 0.947 bits per heavy atom. The predicted molar refractivity (Wildman–Crippen MR) is 69.6 cm³/mol. The minimum Gasteiger partial charge on any atom is -0.207 e. The van der Waals surface area contributed by atoms with E-state index in [-0.39, 0.29) is 11.7 Å². The highest BCUT2D eigenvalue weighted by molar-refractivity contribution is 5.34. The molecule has 0 aromatic heterocycles. The molecular formula is C16H11FN2. The van der Waals surface area contributed by atoms with Crippen LogP contribution < -0.4 is 0 Å². The topological polar surface area (TPSA) is 47.6 Å². The Morgan fingerprint density at radius 2 is 1.58 bits per heavy atom. The number of benzene rings is 2. The van der Waals surface area contributed by atoms with Crippen molar-refractivity contribution in [2.45, 2.75) is 12.3 Å². The number of halogens is 1. The molecule has 19 heavy (non-hydrogen) atoms. The van der Waals surface area contributed by atoms with Gasteiger partial charge in [-0.2, -0.15) is 10.5 Å². The summed E-state index contributed by atoms with van der Waals surface area (Å²) in [4.78, 5) is 0. The third-order valence-electron chi connectivity index (χ3n) is 2.95. The maximum Gasteiger partial charge on any atom is 0.123 e. The highest BCUT2D eigenvalue weighted by atomic mass is 19.1. The molecule has 0 heterocycles. The summed E-state index contributed by atoms with van der Waals surface area (Å²) in [6.07, 6.45) is 0.549. The molecule has 0 saturated heterocycles. The van der Waals surface area contributed by atoms with E-state index < -0.39 is 0 Å². The summed E-state index contributed by atoms with van der Waals surface area (Å²) < 4.78 is 12.9. The van der Waals surface area contributed by atoms with E-state index in [1.165, 1.54) is 12.1 Å². The molecule has 2 nitrogen and oxygen atoms in total. The number of rotatable bonds is 3. The number of nitriles is 2. The Morgan fingerprint density at radius 3 is 2.11 bits per heavy atom. The van der Waals surface area contributed by atoms with Crippen molar-refractivity contribution in [2.75, 3.05) is 0 Å². The van der Waals surface area contributed by atoms with Crippen LogP contribution in [0.25, 0.3) is 0 Å². The molecule has 0 N–H and O–H groups in total. The van der Waals surface area contributed by atoms with Crippen LogP contribution in [0.5, 0.6) is 0 Å². The Balaban J connectivity index is 2.17. The van der Waals surface area contributed by atoms with Crippen LogP contribution in [0.1, 0.15) is 22.6 Å². The van der Waals surface area contributed by atoms with Crippen LogP contribution in [-0.4, -0.2) is 0 Å². The second-order valence-electron chi connectivity index (χ2n) is 4.25. The first-order valence-electron chi connectivity index (χ1n) is 5.87. The molecule has 3 heteroatoms. The van der Waals surface area contributed by atoms with Gasteiger partial charge < -0.3 is 0 Å². The van der Waals surface area contributed by atoms with Gasteiger partial charge in [-0.25, -0.2) is 4.39 Å². The highest BCUT2D eigenvalue weighted by Crippen LogP contribution is 2.20. The van der Waals surface area contributed by atoms with Crippen molar-refractivity contribution in [1.29, 1.82) is 10.5 Å². The van der Waals surface area contributed by atoms with Gasteiger partial charge in [-0.15, -0.1) is 0 Å². The van der Waals surface area contributed by atoms with Gasteiger partial charge in [-0.1, -0.05) is 24.3 Å². The molecule has 0 aliphatic carbocycles. The summed E-state index contributed by atoms with van der Waals surface area (Å²) in [5.41, 5.74) is 2.38. The van der Waals surface area contributed by atoms with Crippen molar-refractivity contribution in [2.24, 2.45) is 0 Å². The smallest absolute Gasteiger partial charge is 0.123 e. The van der Waals surface area contributed by atoms with Crippen molar-refractivity contribution < 1.29 is 4.39 Å². The highest BCUT2D eigenvalue weighted by Gasteiger charge is 2.11. The van der Waals surface area contributed by atoms with Crippen molar-refractivity contribution in [3.8, 4) is 12.1 Å². The van der Waals surface area contributed by atoms with E-state index in [0.29, 0.717) is 12.0 Å². The summed E-state index contributed by atoms with van der Waals surface area (Å²) in [6, 6.07) is 17.4. The largest absolute Gasteiger partial charge is 0.207 e. The molecule has 0 aliphatic heterocycles. The van der Waals surface area contributed by atoms with Crippen LogP contribution in [0, 0.1) is 28.5 Å². The summed E-state index contributed by atoms with van der Waals surface area (Å²) >= 11 is 0. The summed E-state index contributed by atoms with van der Waals surface area (Å²) in [6.45, 7) is 0. The minimum atomic E-state index is -0.312. The van der Waals surface area contributed by atoms with Gasteiger partial charge in [-0.05, 0) is 41.8 Å². The van der Waals surface area contributed by atoms with Gasteiger partial charge in [0.1, 0.15) is 5.82 Å². The van der Waals surface area contributed by atoms with E-state index in [4.69, 9.17) is 5.26 Å². The van der Waals surface area contributed by atoms with Gasteiger partial charge in [0.25, 0.3) is 0 Å². The molecule has 0 saturated carbocycles. The zero-order valence-electron chi connectivity index (χ0n) is 10.2. The zero-order valence-corrected chi connectivity index (χ0v) is 10.2. The van der Waals surface area contributed by atoms with Gasteiger partial charge in [0.2, 0.25) is 0 Å². The summed E-state index contributed by atoms with van der Waals surface area (Å²) in [7, 11) is 0. The predicted octanol–water partition coefficient (Wildman–Crippen LogP) is 3.55. The molecule has 2 aromatic carbocycles. The van der Waals surface area contributed by atoms with Gasteiger partial charge in [0.05, 0.1) is 23.6 Å². The molecule has 0 amide bonds. The lowest BCUT2D eigenvalue weighted by molar-refractivity contribution is 0.626. The molecule has 2 aromatic rings. The van der Waals surface area contributed by atoms with Crippen LogP contribution >= 0.6 is 0 Å². The van der Waals surface area contributed by atoms with E-state index in [1.807, 2.05) is 12.1 Å². The maximum absolute atomic E-state index is 12.9. The third-order valence-corrected chi connectivity index (χ3v) is 2.95. The Bertz CT molecular complexity index is 630. The summed E-state index contributed by atoms with van der Waals surface area (Å²) in [5, 5.41) is 17.9. The molecule has 1 unspecified atom stereocenters. The average Bonchev–Trinajstić information content (AvgIpc) is 2.46. The second-order valence-corrected chi connectivity index (χ2v) is 4.25. The average molecular weight is 250 g/mol. The van der Waals surface area contributed by atoms with E-state index in [9.17, 15) is 9.65 Å². The maximum atomic E-state index is 12.9. The molecule has 0 aliphatic rings. The first-order valence-corrected chi connectivity index (χ1v) is 5.87. The molecule has 0 fully saturated rings. The van der Waals surface area contributed by atoms with Gasteiger partial charge in [0.15, 0.2) is 0 Å². The van der Waals surface area contributed by atoms with Crippen molar-refractivity contribution in [3.05, 3.63) is 71.0 Å². The molecule has 0 radical (unpaired) electrons. The number of hydrogen-bond donors (Lipinski definition) is 0. The molecular weight excluding hydrogens is 239 g/mol. The van der Waals surface area contributed by atoms with Crippen LogP contribution in [0.15, 0.2) is 48.5 Å². The normalized spacial score (nSPS) is 11.3. The molecule has 2 rings (SSSR count). The molecule has 92 valence electrons. The second kappa shape index (κ2) is 5.80. The molecule has 0 spiro atoms. The van der Waals surface area contributed by atoms with E-state index in [2.05, 4.69) is 12.1 Å². The Hall–Kier alpha value is -2.65. The van der Waals surface area contributed by atoms with E-state index >= 15 is 0 Å². The lowest BCUT2D eigenvalue weighted by Gasteiger charge is -2.09. The zero-order chi connectivity index (χ0) is 13.7. The SMILES string of the molecule is N#Cc1ccc(CC(C#N)c2ccc(F)cc2)cc1. The van der Waals surface area contributed by atoms with Crippen LogP contribution in [0.4, 0.5) is 4.39 Å². The van der Waals surface area contributed by atoms with Gasteiger partial charge in [-0.3, -0.25) is 0 Å². The van der Waals surface area contributed by atoms with Crippen molar-refractivity contribution in [3.63, 3.8) is 0 Å². The monoisotopic (exact) mass is 250 g/mol. The van der Waals surface area contributed by atoms with Crippen molar-refractivity contribution >= 4 is 0 Å². The first-order chi connectivity index (χ1) is 9.22. The van der Waals surface area contributed by atoms with Crippen LogP contribution in [0.2, 0.25) is 0 Å². The quantitative estimate of drug-likeness (QED) is 0.836. The van der Waals surface area contributed by atoms with Crippen LogP contribution in [0.3, 0.4) is 0 Å².